The molecule has 4 atom stereocenters. The second-order valence-corrected chi connectivity index (χ2v) is 15.7. The Morgan fingerprint density at radius 3 is 1.89 bits per heavy atom. The molecule has 0 spiro atoms. The van der Waals surface area contributed by atoms with E-state index in [1.165, 1.54) is 14.2 Å². The van der Waals surface area contributed by atoms with Crippen molar-refractivity contribution in [2.45, 2.75) is 97.2 Å². The molecular weight excluding hydrogens is 695 g/mol. The lowest BCUT2D eigenvalue weighted by molar-refractivity contribution is -0.150. The van der Waals surface area contributed by atoms with Crippen LogP contribution in [0.15, 0.2) is 70.9 Å². The number of carbonyl (C=O) groups is 4. The summed E-state index contributed by atoms with van der Waals surface area (Å²) < 4.78 is 9.65. The largest absolute Gasteiger partial charge is 0.468 e. The van der Waals surface area contributed by atoms with Crippen LogP contribution in [0, 0.1) is 17.8 Å². The zero-order valence-corrected chi connectivity index (χ0v) is 33.0. The van der Waals surface area contributed by atoms with Gasteiger partial charge in [-0.1, -0.05) is 75.2 Å². The highest BCUT2D eigenvalue weighted by atomic mass is 16.5. The van der Waals surface area contributed by atoms with Crippen LogP contribution in [0.5, 0.6) is 0 Å². The molecule has 0 radical (unpaired) electrons. The average Bonchev–Trinajstić information content (AvgIpc) is 4.00. The Bertz CT molecular complexity index is 1880. The fraction of sp³-hybridized carbons (Fsp3) is 0.500. The molecule has 3 aliphatic heterocycles. The molecule has 1 N–H and O–H groups in total. The van der Waals surface area contributed by atoms with Crippen molar-refractivity contribution in [3.63, 3.8) is 0 Å². The van der Waals surface area contributed by atoms with Gasteiger partial charge in [0, 0.05) is 61.1 Å². The number of alkyl carbamates (subject to hydrolysis) is 1. The smallest absolute Gasteiger partial charge is 0.407 e. The number of likely N-dealkylation sites (tertiary alicyclic amines) is 1. The molecule has 0 bridgehead atoms. The number of allylic oxidation sites excluding steroid dienone is 2. The standard InChI is InChI=1S/C44H55N5O6/c1-27(2)41(47-44(53)55-6)43(52)48-21-9-12-39(48)38-23-34(25-46-38)32-19-15-30(16-20-32)29-13-17-31(18-14-29)33-22-37(45-24-33)35-10-7-8-11-36(35)42(51)49(28(3)4)26-40(50)54-5/h13-20,24-25,27-28,35-36,39,41H,7-12,21-23,26H2,1-6H3,(H,47,53)/t35?,36-,39+,41+/m1/s1. The summed E-state index contributed by atoms with van der Waals surface area (Å²) in [6, 6.07) is 16.3. The molecule has 0 aromatic heterocycles. The molecule has 11 heteroatoms. The lowest BCUT2D eigenvalue weighted by Crippen LogP contribution is -2.53. The van der Waals surface area contributed by atoms with E-state index >= 15 is 0 Å². The van der Waals surface area contributed by atoms with Crippen molar-refractivity contribution in [1.29, 1.82) is 0 Å². The predicted octanol–water partition coefficient (Wildman–Crippen LogP) is 7.31. The molecule has 292 valence electrons. The molecule has 2 aromatic rings. The van der Waals surface area contributed by atoms with Gasteiger partial charge in [0.25, 0.3) is 0 Å². The van der Waals surface area contributed by atoms with Gasteiger partial charge in [0.2, 0.25) is 11.8 Å². The van der Waals surface area contributed by atoms with Crippen LogP contribution in [0.2, 0.25) is 0 Å². The van der Waals surface area contributed by atoms with E-state index in [1.807, 2.05) is 45.0 Å². The summed E-state index contributed by atoms with van der Waals surface area (Å²) in [5, 5.41) is 2.72. The number of ether oxygens (including phenoxy) is 2. The number of carbonyl (C=O) groups excluding carboxylic acids is 4. The molecule has 4 aliphatic rings. The number of hydrogen-bond donors (Lipinski definition) is 1. The molecule has 1 saturated heterocycles. The van der Waals surface area contributed by atoms with Gasteiger partial charge >= 0.3 is 12.1 Å². The number of nitrogens with one attached hydrogen (secondary N) is 1. The van der Waals surface area contributed by atoms with Gasteiger partial charge in [-0.2, -0.15) is 0 Å². The van der Waals surface area contributed by atoms with Gasteiger partial charge in [-0.15, -0.1) is 0 Å². The van der Waals surface area contributed by atoms with Crippen LogP contribution in [-0.2, 0) is 23.9 Å². The summed E-state index contributed by atoms with van der Waals surface area (Å²) in [6.45, 7) is 8.33. The number of rotatable bonds is 12. The summed E-state index contributed by atoms with van der Waals surface area (Å²) in [5.74, 6) is -0.672. The number of hydrogen-bond acceptors (Lipinski definition) is 8. The second-order valence-electron chi connectivity index (χ2n) is 15.7. The minimum absolute atomic E-state index is 0.0207. The van der Waals surface area contributed by atoms with Crippen molar-refractivity contribution in [2.75, 3.05) is 27.3 Å². The maximum atomic E-state index is 13.8. The lowest BCUT2D eigenvalue weighted by atomic mass is 9.74. The predicted molar refractivity (Wildman–Crippen MR) is 215 cm³/mol. The van der Waals surface area contributed by atoms with Crippen LogP contribution in [0.25, 0.3) is 22.3 Å². The van der Waals surface area contributed by atoms with Gasteiger partial charge in [-0.05, 0) is 78.8 Å². The van der Waals surface area contributed by atoms with E-state index in [4.69, 9.17) is 19.5 Å². The van der Waals surface area contributed by atoms with Crippen LogP contribution < -0.4 is 5.32 Å². The second kappa shape index (κ2) is 17.6. The normalized spacial score (nSPS) is 21.5. The van der Waals surface area contributed by atoms with Crippen molar-refractivity contribution < 1.29 is 28.7 Å². The summed E-state index contributed by atoms with van der Waals surface area (Å²) >= 11 is 0. The van der Waals surface area contributed by atoms with Gasteiger partial charge in [0.15, 0.2) is 0 Å². The van der Waals surface area contributed by atoms with Gasteiger partial charge in [-0.25, -0.2) is 4.79 Å². The maximum Gasteiger partial charge on any atom is 0.407 e. The Kier molecular flexibility index (Phi) is 12.7. The van der Waals surface area contributed by atoms with Crippen LogP contribution in [0.1, 0.15) is 90.2 Å². The van der Waals surface area contributed by atoms with E-state index < -0.39 is 18.1 Å². The van der Waals surface area contributed by atoms with Gasteiger partial charge < -0.3 is 24.6 Å². The number of benzene rings is 2. The van der Waals surface area contributed by atoms with Crippen molar-refractivity contribution in [3.8, 4) is 11.1 Å². The molecule has 1 unspecified atom stereocenters. The first-order valence-corrected chi connectivity index (χ1v) is 19.7. The Morgan fingerprint density at radius 2 is 1.33 bits per heavy atom. The number of esters is 1. The van der Waals surface area contributed by atoms with Gasteiger partial charge in [-0.3, -0.25) is 24.4 Å². The van der Waals surface area contributed by atoms with Crippen molar-refractivity contribution in [2.24, 2.45) is 27.7 Å². The molecule has 1 saturated carbocycles. The summed E-state index contributed by atoms with van der Waals surface area (Å²) in [7, 11) is 2.66. The van der Waals surface area contributed by atoms with Crippen LogP contribution in [-0.4, -0.2) is 90.5 Å². The van der Waals surface area contributed by atoms with Crippen LogP contribution >= 0.6 is 0 Å². The highest BCUT2D eigenvalue weighted by Gasteiger charge is 2.40. The Labute approximate surface area is 324 Å². The third kappa shape index (κ3) is 8.92. The molecule has 3 amide bonds. The first-order chi connectivity index (χ1) is 26.5. The number of amides is 3. The zero-order valence-electron chi connectivity index (χ0n) is 33.0. The van der Waals surface area contributed by atoms with Crippen molar-refractivity contribution in [1.82, 2.24) is 15.1 Å². The Morgan fingerprint density at radius 1 is 0.764 bits per heavy atom. The van der Waals surface area contributed by atoms with Gasteiger partial charge in [0.05, 0.1) is 20.3 Å². The van der Waals surface area contributed by atoms with Crippen LogP contribution in [0.4, 0.5) is 4.79 Å². The number of aliphatic imine (C=N–C) groups is 2. The topological polar surface area (TPSA) is 130 Å². The fourth-order valence-electron chi connectivity index (χ4n) is 8.44. The minimum atomic E-state index is -0.654. The zero-order chi connectivity index (χ0) is 39.2. The van der Waals surface area contributed by atoms with E-state index in [0.717, 1.165) is 89.8 Å². The SMILES string of the molecule is COC(=O)CN(C(=O)[C@@H]1CCCCC1C1=NC=C(c2ccc(-c3ccc(C4=CN=C([C@@H]5CCCN5C(=O)[C@@H](NC(=O)OC)C(C)C)C4)cc3)cc2)C1)C(C)C. The molecule has 55 heavy (non-hydrogen) atoms. The Hall–Kier alpha value is -5.06. The number of methoxy groups -OCH3 is 2. The monoisotopic (exact) mass is 749 g/mol. The molecule has 2 aromatic carbocycles. The highest BCUT2D eigenvalue weighted by molar-refractivity contribution is 6.04. The van der Waals surface area contributed by atoms with E-state index in [-0.39, 0.29) is 48.2 Å². The number of nitrogens with zero attached hydrogens (tertiary/aromatic N) is 4. The summed E-state index contributed by atoms with van der Waals surface area (Å²) in [5.41, 5.74) is 8.76. The third-order valence-corrected chi connectivity index (χ3v) is 11.6. The molecule has 1 aliphatic carbocycles. The van der Waals surface area contributed by atoms with Crippen molar-refractivity contribution in [3.05, 3.63) is 72.1 Å². The van der Waals surface area contributed by atoms with Gasteiger partial charge in [0.1, 0.15) is 12.6 Å². The van der Waals surface area contributed by atoms with Crippen molar-refractivity contribution >= 4 is 46.4 Å². The van der Waals surface area contributed by atoms with E-state index in [1.54, 1.807) is 4.90 Å². The summed E-state index contributed by atoms with van der Waals surface area (Å²) in [4.78, 5) is 64.6. The highest BCUT2D eigenvalue weighted by Crippen LogP contribution is 2.38. The molecular formula is C44H55N5O6. The minimum Gasteiger partial charge on any atom is -0.468 e. The average molecular weight is 750 g/mol. The van der Waals surface area contributed by atoms with E-state index in [9.17, 15) is 19.2 Å². The van der Waals surface area contributed by atoms with E-state index in [0.29, 0.717) is 13.0 Å². The lowest BCUT2D eigenvalue weighted by Gasteiger charge is -2.36. The van der Waals surface area contributed by atoms with E-state index in [2.05, 4.69) is 53.8 Å². The molecule has 3 heterocycles. The summed E-state index contributed by atoms with van der Waals surface area (Å²) in [6.07, 6.45) is 10.2. The third-order valence-electron chi connectivity index (χ3n) is 11.6. The first-order valence-electron chi connectivity index (χ1n) is 19.7. The molecule has 6 rings (SSSR count). The maximum absolute atomic E-state index is 13.8. The van der Waals surface area contributed by atoms with Crippen LogP contribution in [0.3, 0.4) is 0 Å². The quantitative estimate of drug-likeness (QED) is 0.227. The Balaban J connectivity index is 1.05. The first kappa shape index (κ1) is 39.6. The molecule has 11 nitrogen and oxygen atoms in total. The fourth-order valence-corrected chi connectivity index (χ4v) is 8.44. The molecule has 2 fully saturated rings.